The summed E-state index contributed by atoms with van der Waals surface area (Å²) in [5.41, 5.74) is 2.03. The summed E-state index contributed by atoms with van der Waals surface area (Å²) in [6.45, 7) is 0. The van der Waals surface area contributed by atoms with Crippen molar-refractivity contribution in [1.82, 2.24) is 15.4 Å². The van der Waals surface area contributed by atoms with E-state index in [9.17, 15) is 0 Å². The second-order valence-electron chi connectivity index (χ2n) is 2.78. The highest BCUT2D eigenvalue weighted by atomic mass is 16.5. The highest BCUT2D eigenvalue weighted by Crippen LogP contribution is 2.21. The van der Waals surface area contributed by atoms with Gasteiger partial charge in [-0.2, -0.15) is 0 Å². The quantitative estimate of drug-likeness (QED) is 0.581. The van der Waals surface area contributed by atoms with E-state index in [1.807, 2.05) is 24.3 Å². The second-order valence-corrected chi connectivity index (χ2v) is 2.78. The summed E-state index contributed by atoms with van der Waals surface area (Å²) in [7, 11) is 0. The maximum atomic E-state index is 5.44. The predicted molar refractivity (Wildman–Crippen MR) is 47.3 cm³/mol. The van der Waals surface area contributed by atoms with Crippen molar-refractivity contribution in [1.29, 1.82) is 0 Å². The lowest BCUT2D eigenvalue weighted by Gasteiger charge is -1.81. The highest BCUT2D eigenvalue weighted by molar-refractivity contribution is 5.75. The molecule has 0 unspecified atom stereocenters. The van der Waals surface area contributed by atoms with E-state index in [1.54, 1.807) is 0 Å². The normalized spacial score (nSPS) is 10.9. The van der Waals surface area contributed by atoms with Gasteiger partial charge in [0, 0.05) is 5.27 Å². The first-order chi connectivity index (χ1) is 6.93. The molecule has 0 saturated heterocycles. The zero-order valence-electron chi connectivity index (χ0n) is 7.04. The molecule has 0 aliphatic heterocycles. The molecule has 0 spiro atoms. The Balaban J connectivity index is 2.24. The topological polar surface area (TPSA) is 65.0 Å². The fourth-order valence-corrected chi connectivity index (χ4v) is 1.24. The van der Waals surface area contributed by atoms with E-state index < -0.39 is 0 Å². The summed E-state index contributed by atoms with van der Waals surface area (Å²) in [5, 5.41) is 7.05. The van der Waals surface area contributed by atoms with Crippen molar-refractivity contribution in [3.05, 3.63) is 30.5 Å². The summed E-state index contributed by atoms with van der Waals surface area (Å²) in [4.78, 5) is 4.23. The molecular weight excluding hydrogens is 182 g/mol. The standard InChI is InChI=1S/C9H5N3O2/c1-2-4-8-6(3-1)10-9(14-8)7-5-13-12-11-7/h1-5H. The zero-order valence-corrected chi connectivity index (χ0v) is 7.04. The van der Waals surface area contributed by atoms with E-state index in [4.69, 9.17) is 4.42 Å². The van der Waals surface area contributed by atoms with Crippen LogP contribution in [0.2, 0.25) is 0 Å². The van der Waals surface area contributed by atoms with Crippen molar-refractivity contribution in [2.75, 3.05) is 0 Å². The van der Waals surface area contributed by atoms with Gasteiger partial charge < -0.3 is 8.94 Å². The van der Waals surface area contributed by atoms with Crippen LogP contribution in [0.3, 0.4) is 0 Å². The minimum absolute atomic E-state index is 0.424. The number of nitrogens with zero attached hydrogens (tertiary/aromatic N) is 3. The molecule has 0 amide bonds. The molecule has 0 fully saturated rings. The van der Waals surface area contributed by atoms with Gasteiger partial charge in [0.05, 0.1) is 0 Å². The van der Waals surface area contributed by atoms with Crippen LogP contribution in [0.1, 0.15) is 0 Å². The Morgan fingerprint density at radius 3 is 2.86 bits per heavy atom. The molecule has 1 aromatic carbocycles. The summed E-state index contributed by atoms with van der Waals surface area (Å²) >= 11 is 0. The average Bonchev–Trinajstić information content (AvgIpc) is 2.86. The van der Waals surface area contributed by atoms with Crippen molar-refractivity contribution in [3.8, 4) is 11.6 Å². The Morgan fingerprint density at radius 2 is 2.07 bits per heavy atom. The number of oxazole rings is 1. The molecule has 0 radical (unpaired) electrons. The summed E-state index contributed by atoms with van der Waals surface area (Å²) in [6.07, 6.45) is 1.39. The van der Waals surface area contributed by atoms with Gasteiger partial charge in [-0.25, -0.2) is 4.98 Å². The first-order valence-corrected chi connectivity index (χ1v) is 4.06. The molecule has 5 heteroatoms. The number of benzene rings is 1. The fourth-order valence-electron chi connectivity index (χ4n) is 1.24. The third-order valence-electron chi connectivity index (χ3n) is 1.87. The maximum Gasteiger partial charge on any atom is 0.251 e. The van der Waals surface area contributed by atoms with Gasteiger partial charge in [-0.1, -0.05) is 12.1 Å². The molecule has 14 heavy (non-hydrogen) atoms. The van der Waals surface area contributed by atoms with Crippen LogP contribution in [0.4, 0.5) is 0 Å². The number of rotatable bonds is 1. The van der Waals surface area contributed by atoms with Gasteiger partial charge in [-0.3, -0.25) is 0 Å². The lowest BCUT2D eigenvalue weighted by Crippen LogP contribution is -1.75. The monoisotopic (exact) mass is 187 g/mol. The molecule has 0 atom stereocenters. The van der Waals surface area contributed by atoms with E-state index in [0.29, 0.717) is 11.6 Å². The molecular formula is C9H5N3O2. The molecule has 0 saturated carbocycles. The molecule has 0 aliphatic rings. The number of para-hydroxylation sites is 2. The van der Waals surface area contributed by atoms with Gasteiger partial charge in [0.15, 0.2) is 17.5 Å². The first-order valence-electron chi connectivity index (χ1n) is 4.06. The van der Waals surface area contributed by atoms with Crippen molar-refractivity contribution < 1.29 is 8.94 Å². The number of fused-ring (bicyclic) bond motifs is 1. The Kier molecular flexibility index (Phi) is 1.38. The zero-order chi connectivity index (χ0) is 9.38. The summed E-state index contributed by atoms with van der Waals surface area (Å²) < 4.78 is 10.0. The molecule has 2 aromatic heterocycles. The fraction of sp³-hybridized carbons (Fsp3) is 0. The van der Waals surface area contributed by atoms with Gasteiger partial charge in [0.2, 0.25) is 0 Å². The van der Waals surface area contributed by atoms with Crippen molar-refractivity contribution in [2.24, 2.45) is 0 Å². The van der Waals surface area contributed by atoms with E-state index >= 15 is 0 Å². The molecule has 2 heterocycles. The molecule has 0 N–H and O–H groups in total. The van der Waals surface area contributed by atoms with E-state index in [0.717, 1.165) is 11.1 Å². The van der Waals surface area contributed by atoms with Crippen molar-refractivity contribution in [2.45, 2.75) is 0 Å². The van der Waals surface area contributed by atoms with Crippen LogP contribution < -0.4 is 0 Å². The lowest BCUT2D eigenvalue weighted by atomic mass is 10.3. The Morgan fingerprint density at radius 1 is 1.14 bits per heavy atom. The average molecular weight is 187 g/mol. The summed E-state index contributed by atoms with van der Waals surface area (Å²) in [6, 6.07) is 7.50. The Hall–Kier alpha value is -2.17. The Bertz CT molecular complexity index is 523. The van der Waals surface area contributed by atoms with Gasteiger partial charge >= 0.3 is 0 Å². The van der Waals surface area contributed by atoms with Crippen LogP contribution in [-0.2, 0) is 0 Å². The molecule has 3 rings (SSSR count). The predicted octanol–water partition coefficient (Wildman–Crippen LogP) is 1.88. The van der Waals surface area contributed by atoms with Gasteiger partial charge in [-0.15, -0.1) is 5.10 Å². The number of aromatic nitrogens is 3. The SMILES string of the molecule is c1ccc2oc(-c3conn3)nc2c1. The van der Waals surface area contributed by atoms with E-state index in [-0.39, 0.29) is 0 Å². The van der Waals surface area contributed by atoms with Gasteiger partial charge in [0.1, 0.15) is 5.52 Å². The Labute approximate surface area is 78.3 Å². The van der Waals surface area contributed by atoms with Gasteiger partial charge in [0.25, 0.3) is 5.89 Å². The second kappa shape index (κ2) is 2.66. The highest BCUT2D eigenvalue weighted by Gasteiger charge is 2.10. The molecule has 3 aromatic rings. The van der Waals surface area contributed by atoms with Crippen LogP contribution >= 0.6 is 0 Å². The minimum atomic E-state index is 0.424. The largest absolute Gasteiger partial charge is 0.435 e. The smallest absolute Gasteiger partial charge is 0.251 e. The molecule has 0 aliphatic carbocycles. The first kappa shape index (κ1) is 7.25. The van der Waals surface area contributed by atoms with E-state index in [2.05, 4.69) is 19.9 Å². The van der Waals surface area contributed by atoms with Crippen molar-refractivity contribution >= 4 is 11.1 Å². The molecule has 5 nitrogen and oxygen atoms in total. The lowest BCUT2D eigenvalue weighted by molar-refractivity contribution is 0.393. The van der Waals surface area contributed by atoms with Crippen LogP contribution in [0.15, 0.2) is 39.5 Å². The van der Waals surface area contributed by atoms with Crippen LogP contribution in [-0.4, -0.2) is 15.4 Å². The third-order valence-corrected chi connectivity index (χ3v) is 1.87. The number of hydrogen-bond acceptors (Lipinski definition) is 5. The molecule has 0 bridgehead atoms. The third kappa shape index (κ3) is 0.990. The maximum absolute atomic E-state index is 5.44. The van der Waals surface area contributed by atoms with Crippen molar-refractivity contribution in [3.63, 3.8) is 0 Å². The number of hydrogen-bond donors (Lipinski definition) is 0. The molecule has 68 valence electrons. The summed E-state index contributed by atoms with van der Waals surface area (Å²) in [5.74, 6) is 0.424. The minimum Gasteiger partial charge on any atom is -0.435 e. The van der Waals surface area contributed by atoms with Crippen LogP contribution in [0.25, 0.3) is 22.7 Å². The van der Waals surface area contributed by atoms with Gasteiger partial charge in [-0.05, 0) is 12.1 Å². The van der Waals surface area contributed by atoms with E-state index in [1.165, 1.54) is 6.26 Å². The van der Waals surface area contributed by atoms with Crippen LogP contribution in [0, 0.1) is 0 Å². The van der Waals surface area contributed by atoms with Crippen LogP contribution in [0.5, 0.6) is 0 Å².